The van der Waals surface area contributed by atoms with Crippen molar-refractivity contribution >= 4 is 17.1 Å². The molecule has 0 unspecified atom stereocenters. The van der Waals surface area contributed by atoms with Gasteiger partial charge in [0.2, 0.25) is 0 Å². The number of H-pyrrole nitrogens is 1. The summed E-state index contributed by atoms with van der Waals surface area (Å²) in [4.78, 5) is 39.4. The van der Waals surface area contributed by atoms with Gasteiger partial charge in [-0.1, -0.05) is 0 Å². The monoisotopic (exact) mass is 223 g/mol. The minimum Gasteiger partial charge on any atom is -0.548 e. The van der Waals surface area contributed by atoms with E-state index >= 15 is 0 Å². The molecule has 2 rings (SSSR count). The third-order valence-electron chi connectivity index (χ3n) is 2.17. The number of aromatic amines is 1. The van der Waals surface area contributed by atoms with Crippen LogP contribution in [0, 0.1) is 0 Å². The SMILES string of the molecule is Cn1c(=O)[nH]c2ncn(CC(=O)[O-])c2c1=O. The molecule has 0 atom stereocenters. The predicted molar refractivity (Wildman–Crippen MR) is 50.6 cm³/mol. The summed E-state index contributed by atoms with van der Waals surface area (Å²) in [6, 6.07) is 0. The lowest BCUT2D eigenvalue weighted by molar-refractivity contribution is -0.306. The fraction of sp³-hybridized carbons (Fsp3) is 0.250. The van der Waals surface area contributed by atoms with Gasteiger partial charge >= 0.3 is 5.69 Å². The fourth-order valence-electron chi connectivity index (χ4n) is 1.39. The van der Waals surface area contributed by atoms with Crippen molar-refractivity contribution in [2.75, 3.05) is 0 Å². The molecule has 0 bridgehead atoms. The van der Waals surface area contributed by atoms with Crippen molar-refractivity contribution in [2.24, 2.45) is 7.05 Å². The number of carbonyl (C=O) groups excluding carboxylic acids is 1. The molecule has 0 saturated carbocycles. The number of rotatable bonds is 2. The van der Waals surface area contributed by atoms with Crippen LogP contribution in [0.4, 0.5) is 0 Å². The molecule has 0 aliphatic rings. The van der Waals surface area contributed by atoms with Gasteiger partial charge in [0.25, 0.3) is 5.56 Å². The number of nitrogens with zero attached hydrogens (tertiary/aromatic N) is 3. The summed E-state index contributed by atoms with van der Waals surface area (Å²) in [5, 5.41) is 10.4. The van der Waals surface area contributed by atoms with E-state index in [0.29, 0.717) is 0 Å². The Kier molecular flexibility index (Phi) is 2.11. The first-order valence-corrected chi connectivity index (χ1v) is 4.34. The highest BCUT2D eigenvalue weighted by atomic mass is 16.4. The van der Waals surface area contributed by atoms with Crippen LogP contribution in [-0.4, -0.2) is 25.1 Å². The standard InChI is InChI=1S/C8H8N4O4/c1-11-7(15)5-6(10-8(11)16)9-3-12(5)2-4(13)14/h3H,2H2,1H3,(H,10,16)(H,13,14)/p-1. The van der Waals surface area contributed by atoms with E-state index in [-0.39, 0.29) is 11.2 Å². The van der Waals surface area contributed by atoms with Crippen LogP contribution in [0.3, 0.4) is 0 Å². The average Bonchev–Trinajstić information content (AvgIpc) is 2.57. The summed E-state index contributed by atoms with van der Waals surface area (Å²) >= 11 is 0. The first-order chi connectivity index (χ1) is 7.50. The quantitative estimate of drug-likeness (QED) is 0.589. The Morgan fingerprint density at radius 3 is 2.88 bits per heavy atom. The van der Waals surface area contributed by atoms with Crippen molar-refractivity contribution < 1.29 is 9.90 Å². The lowest BCUT2D eigenvalue weighted by atomic mass is 10.5. The summed E-state index contributed by atoms with van der Waals surface area (Å²) in [5.74, 6) is -1.34. The molecule has 2 aromatic heterocycles. The molecule has 0 fully saturated rings. The van der Waals surface area contributed by atoms with Crippen molar-refractivity contribution in [1.82, 2.24) is 19.1 Å². The Balaban J connectivity index is 2.81. The van der Waals surface area contributed by atoms with Crippen LogP contribution >= 0.6 is 0 Å². The van der Waals surface area contributed by atoms with Crippen molar-refractivity contribution in [3.8, 4) is 0 Å². The molecule has 8 nitrogen and oxygen atoms in total. The molecule has 0 spiro atoms. The maximum Gasteiger partial charge on any atom is 0.329 e. The molecule has 0 aliphatic heterocycles. The number of fused-ring (bicyclic) bond motifs is 1. The third-order valence-corrected chi connectivity index (χ3v) is 2.17. The number of aliphatic carboxylic acids is 1. The van der Waals surface area contributed by atoms with Crippen molar-refractivity contribution in [3.63, 3.8) is 0 Å². The van der Waals surface area contributed by atoms with E-state index in [9.17, 15) is 19.5 Å². The van der Waals surface area contributed by atoms with Crippen LogP contribution in [0.5, 0.6) is 0 Å². The second-order valence-electron chi connectivity index (χ2n) is 3.24. The number of nitrogens with one attached hydrogen (secondary N) is 1. The van der Waals surface area contributed by atoms with E-state index in [1.54, 1.807) is 0 Å². The molecule has 0 aromatic carbocycles. The lowest BCUT2D eigenvalue weighted by Gasteiger charge is -2.04. The van der Waals surface area contributed by atoms with E-state index in [1.807, 2.05) is 0 Å². The van der Waals surface area contributed by atoms with Gasteiger partial charge in [-0.15, -0.1) is 0 Å². The highest BCUT2D eigenvalue weighted by Crippen LogP contribution is 2.01. The number of hydrogen-bond donors (Lipinski definition) is 1. The van der Waals surface area contributed by atoms with Crippen LogP contribution in [0.2, 0.25) is 0 Å². The molecule has 8 heteroatoms. The topological polar surface area (TPSA) is 113 Å². The highest BCUT2D eigenvalue weighted by Gasteiger charge is 2.10. The summed E-state index contributed by atoms with van der Waals surface area (Å²) in [7, 11) is 1.29. The minimum absolute atomic E-state index is 0.0336. The molecule has 0 amide bonds. The van der Waals surface area contributed by atoms with Crippen molar-refractivity contribution in [3.05, 3.63) is 27.2 Å². The zero-order chi connectivity index (χ0) is 11.9. The molecular formula is C8H7N4O4-. The largest absolute Gasteiger partial charge is 0.548 e. The summed E-state index contributed by atoms with van der Waals surface area (Å²) in [5.41, 5.74) is -1.10. The van der Waals surface area contributed by atoms with Crippen LogP contribution in [0.25, 0.3) is 11.2 Å². The maximum absolute atomic E-state index is 11.7. The van der Waals surface area contributed by atoms with Gasteiger partial charge < -0.3 is 14.5 Å². The molecule has 0 saturated heterocycles. The van der Waals surface area contributed by atoms with Gasteiger partial charge in [-0.2, -0.15) is 0 Å². The van der Waals surface area contributed by atoms with E-state index in [0.717, 1.165) is 15.5 Å². The second-order valence-corrected chi connectivity index (χ2v) is 3.24. The normalized spacial score (nSPS) is 10.8. The molecule has 2 heterocycles. The van der Waals surface area contributed by atoms with E-state index in [2.05, 4.69) is 9.97 Å². The lowest BCUT2D eigenvalue weighted by Crippen LogP contribution is -2.34. The van der Waals surface area contributed by atoms with Crippen molar-refractivity contribution in [2.45, 2.75) is 6.54 Å². The predicted octanol–water partition coefficient (Wildman–Crippen LogP) is -2.83. The van der Waals surface area contributed by atoms with Gasteiger partial charge in [-0.3, -0.25) is 14.3 Å². The van der Waals surface area contributed by atoms with Gasteiger partial charge in [0.05, 0.1) is 18.8 Å². The molecule has 84 valence electrons. The van der Waals surface area contributed by atoms with Crippen LogP contribution in [0.1, 0.15) is 0 Å². The van der Waals surface area contributed by atoms with E-state index in [1.165, 1.54) is 7.05 Å². The van der Waals surface area contributed by atoms with Crippen molar-refractivity contribution in [1.29, 1.82) is 0 Å². The summed E-state index contributed by atoms with van der Waals surface area (Å²) in [6.45, 7) is -0.488. The Morgan fingerprint density at radius 1 is 1.56 bits per heavy atom. The van der Waals surface area contributed by atoms with Crippen LogP contribution < -0.4 is 16.4 Å². The van der Waals surface area contributed by atoms with E-state index < -0.39 is 23.8 Å². The second kappa shape index (κ2) is 3.33. The smallest absolute Gasteiger partial charge is 0.329 e. The zero-order valence-corrected chi connectivity index (χ0v) is 8.26. The Morgan fingerprint density at radius 2 is 2.25 bits per heavy atom. The minimum atomic E-state index is -1.34. The Labute approximate surface area is 87.8 Å². The van der Waals surface area contributed by atoms with Gasteiger partial charge in [-0.25, -0.2) is 9.78 Å². The Hall–Kier alpha value is -2.38. The summed E-state index contributed by atoms with van der Waals surface area (Å²) < 4.78 is 1.96. The number of carboxylic acids is 1. The fourth-order valence-corrected chi connectivity index (χ4v) is 1.39. The number of imidazole rings is 1. The highest BCUT2D eigenvalue weighted by molar-refractivity contribution is 5.72. The summed E-state index contributed by atoms with van der Waals surface area (Å²) in [6.07, 6.45) is 1.16. The third kappa shape index (κ3) is 1.40. The molecule has 0 aliphatic carbocycles. The number of carbonyl (C=O) groups is 1. The van der Waals surface area contributed by atoms with Gasteiger partial charge in [-0.05, 0) is 0 Å². The average molecular weight is 223 g/mol. The first-order valence-electron chi connectivity index (χ1n) is 4.34. The van der Waals surface area contributed by atoms with Gasteiger partial charge in [0.15, 0.2) is 11.2 Å². The number of hydrogen-bond acceptors (Lipinski definition) is 5. The molecular weight excluding hydrogens is 216 g/mol. The van der Waals surface area contributed by atoms with E-state index in [4.69, 9.17) is 0 Å². The zero-order valence-electron chi connectivity index (χ0n) is 8.26. The van der Waals surface area contributed by atoms with Crippen LogP contribution in [-0.2, 0) is 18.4 Å². The number of aromatic nitrogens is 4. The van der Waals surface area contributed by atoms with Crippen LogP contribution in [0.15, 0.2) is 15.9 Å². The first kappa shape index (κ1) is 10.1. The van der Waals surface area contributed by atoms with Gasteiger partial charge in [0, 0.05) is 7.05 Å². The molecule has 16 heavy (non-hydrogen) atoms. The Bertz CT molecular complexity index is 677. The molecule has 0 radical (unpaired) electrons. The number of carboxylic acid groups (broad SMARTS) is 1. The molecule has 2 aromatic rings. The maximum atomic E-state index is 11.7. The molecule has 1 N–H and O–H groups in total. The van der Waals surface area contributed by atoms with Gasteiger partial charge in [0.1, 0.15) is 0 Å².